The number of halogens is 1. The predicted molar refractivity (Wildman–Crippen MR) is 156 cm³/mol. The Bertz CT molecular complexity index is 1330. The fraction of sp³-hybridized carbons (Fsp3) is 0.400. The Morgan fingerprint density at radius 1 is 1.13 bits per heavy atom. The summed E-state index contributed by atoms with van der Waals surface area (Å²) < 4.78 is 7.76. The van der Waals surface area contributed by atoms with E-state index in [-0.39, 0.29) is 30.5 Å². The van der Waals surface area contributed by atoms with Gasteiger partial charge in [0.05, 0.1) is 28.9 Å². The molecule has 0 fully saturated rings. The molecule has 208 valence electrons. The quantitative estimate of drug-likeness (QED) is 0.289. The first-order valence-corrected chi connectivity index (χ1v) is 13.6. The van der Waals surface area contributed by atoms with Crippen LogP contribution in [-0.4, -0.2) is 39.2 Å². The number of aromatic nitrogens is 2. The zero-order chi connectivity index (χ0) is 28.7. The van der Waals surface area contributed by atoms with Crippen molar-refractivity contribution >= 4 is 29.1 Å². The third kappa shape index (κ3) is 8.42. The van der Waals surface area contributed by atoms with Crippen molar-refractivity contribution in [3.8, 4) is 17.0 Å². The van der Waals surface area contributed by atoms with Gasteiger partial charge in [-0.2, -0.15) is 0 Å². The maximum atomic E-state index is 11.8. The molecular weight excluding hydrogens is 514 g/mol. The van der Waals surface area contributed by atoms with Crippen molar-refractivity contribution < 1.29 is 14.3 Å². The van der Waals surface area contributed by atoms with E-state index in [1.165, 1.54) is 6.92 Å². The van der Waals surface area contributed by atoms with E-state index in [1.54, 1.807) is 0 Å². The summed E-state index contributed by atoms with van der Waals surface area (Å²) in [5.41, 5.74) is 10.0. The molecule has 0 aliphatic carbocycles. The summed E-state index contributed by atoms with van der Waals surface area (Å²) in [6, 6.07) is 13.1. The molecule has 0 radical (unpaired) electrons. The Balaban J connectivity index is 1.79. The van der Waals surface area contributed by atoms with Crippen molar-refractivity contribution in [2.75, 3.05) is 0 Å². The summed E-state index contributed by atoms with van der Waals surface area (Å²) in [6.07, 6.45) is 2.70. The number of carbonyl (C=O) groups excluding carboxylic acids is 2. The average Bonchev–Trinajstić information content (AvgIpc) is 3.29. The van der Waals surface area contributed by atoms with Gasteiger partial charge in [-0.1, -0.05) is 35.9 Å². The molecule has 0 spiro atoms. The van der Waals surface area contributed by atoms with Gasteiger partial charge in [0.2, 0.25) is 11.8 Å². The number of rotatable bonds is 12. The van der Waals surface area contributed by atoms with Gasteiger partial charge in [0.15, 0.2) is 0 Å². The Kier molecular flexibility index (Phi) is 10.3. The predicted octanol–water partition coefficient (Wildman–Crippen LogP) is 5.50. The Morgan fingerprint density at radius 2 is 1.82 bits per heavy atom. The molecule has 8 nitrogen and oxygen atoms in total. The van der Waals surface area contributed by atoms with E-state index in [0.29, 0.717) is 17.2 Å². The molecule has 1 heterocycles. The second kappa shape index (κ2) is 13.4. The molecule has 2 aromatic carbocycles. The van der Waals surface area contributed by atoms with Crippen LogP contribution < -0.4 is 15.8 Å². The number of hydrogen-bond donors (Lipinski definition) is 2. The highest BCUT2D eigenvalue weighted by molar-refractivity contribution is 6.32. The number of aryl methyl sites for hydroxylation is 1. The van der Waals surface area contributed by atoms with Gasteiger partial charge in [0.25, 0.3) is 0 Å². The monoisotopic (exact) mass is 551 g/mol. The largest absolute Gasteiger partial charge is 0.489 e. The van der Waals surface area contributed by atoms with E-state index in [1.807, 2.05) is 87.8 Å². The van der Waals surface area contributed by atoms with Crippen LogP contribution in [0.1, 0.15) is 71.0 Å². The van der Waals surface area contributed by atoms with Gasteiger partial charge in [0.1, 0.15) is 11.6 Å². The number of nitrogens with zero attached hydrogens (tertiary/aromatic N) is 3. The van der Waals surface area contributed by atoms with Crippen LogP contribution in [0.15, 0.2) is 53.7 Å². The molecule has 3 N–H and O–H groups in total. The molecular formula is C30H38ClN5O3. The van der Waals surface area contributed by atoms with Crippen molar-refractivity contribution in [3.63, 3.8) is 0 Å². The lowest BCUT2D eigenvalue weighted by molar-refractivity contribution is -0.120. The highest BCUT2D eigenvalue weighted by Gasteiger charge is 2.17. The molecule has 2 amide bonds. The smallest absolute Gasteiger partial charge is 0.219 e. The van der Waals surface area contributed by atoms with Crippen molar-refractivity contribution in [3.05, 3.63) is 70.6 Å². The first-order chi connectivity index (χ1) is 18.5. The molecule has 0 unspecified atom stereocenters. The summed E-state index contributed by atoms with van der Waals surface area (Å²) >= 11 is 6.41. The van der Waals surface area contributed by atoms with E-state index in [2.05, 4.69) is 5.32 Å². The molecule has 3 rings (SSSR count). The fourth-order valence-electron chi connectivity index (χ4n) is 4.44. The molecule has 1 aromatic heterocycles. The molecule has 2 atom stereocenters. The first-order valence-electron chi connectivity index (χ1n) is 13.2. The van der Waals surface area contributed by atoms with E-state index < -0.39 is 5.91 Å². The lowest BCUT2D eigenvalue weighted by atomic mass is 10.0. The number of primary amides is 1. The topological polar surface area (TPSA) is 112 Å². The van der Waals surface area contributed by atoms with Crippen molar-refractivity contribution in [1.29, 1.82) is 0 Å². The van der Waals surface area contributed by atoms with Gasteiger partial charge >= 0.3 is 0 Å². The maximum absolute atomic E-state index is 11.8. The highest BCUT2D eigenvalue weighted by Crippen LogP contribution is 2.27. The lowest BCUT2D eigenvalue weighted by Gasteiger charge is -2.15. The summed E-state index contributed by atoms with van der Waals surface area (Å²) in [5.74, 6) is 0.931. The second-order valence-electron chi connectivity index (χ2n) is 9.94. The number of aliphatic imine (C=N–C) groups is 1. The molecule has 0 bridgehead atoms. The number of imidazole rings is 1. The normalized spacial score (nSPS) is 13.3. The minimum Gasteiger partial charge on any atom is -0.489 e. The van der Waals surface area contributed by atoms with Crippen LogP contribution in [0.2, 0.25) is 5.02 Å². The first kappa shape index (κ1) is 29.9. The number of ether oxygens (including phenoxy) is 1. The van der Waals surface area contributed by atoms with Crippen LogP contribution >= 0.6 is 11.6 Å². The summed E-state index contributed by atoms with van der Waals surface area (Å²) in [5, 5.41) is 3.41. The lowest BCUT2D eigenvalue weighted by Crippen LogP contribution is -2.26. The number of benzene rings is 2. The third-order valence-corrected chi connectivity index (χ3v) is 6.50. The summed E-state index contributed by atoms with van der Waals surface area (Å²) in [4.78, 5) is 32.9. The number of hydrogen-bond acceptors (Lipinski definition) is 5. The number of nitrogens with one attached hydrogen (secondary N) is 1. The zero-order valence-corrected chi connectivity index (χ0v) is 24.2. The molecule has 3 aromatic rings. The number of amides is 2. The zero-order valence-electron chi connectivity index (χ0n) is 23.5. The molecule has 0 saturated carbocycles. The summed E-state index contributed by atoms with van der Waals surface area (Å²) in [7, 11) is 0. The highest BCUT2D eigenvalue weighted by atomic mass is 35.5. The number of nitrogens with two attached hydrogens (primary N) is 1. The average molecular weight is 552 g/mol. The maximum Gasteiger partial charge on any atom is 0.219 e. The van der Waals surface area contributed by atoms with Gasteiger partial charge < -0.3 is 20.4 Å². The van der Waals surface area contributed by atoms with Crippen LogP contribution in [-0.2, 0) is 22.6 Å². The molecule has 0 saturated heterocycles. The van der Waals surface area contributed by atoms with Gasteiger partial charge in [-0.25, -0.2) is 4.98 Å². The molecule has 39 heavy (non-hydrogen) atoms. The van der Waals surface area contributed by atoms with E-state index >= 15 is 0 Å². The summed E-state index contributed by atoms with van der Waals surface area (Å²) in [6.45, 7) is 12.0. The third-order valence-electron chi connectivity index (χ3n) is 6.20. The molecule has 0 aliphatic rings. The van der Waals surface area contributed by atoms with Gasteiger partial charge in [-0.3, -0.25) is 14.6 Å². The SMILES string of the molecule is CCn1cc(-c2ccc(C[C@@H](CC(N)=O)N=C(C)c3ccc(OC(C)C)c(Cl)c3)cc2)nc1[C@@H](C)NC(C)=O. The number of carbonyl (C=O) groups is 2. The van der Waals surface area contributed by atoms with Crippen molar-refractivity contribution in [2.24, 2.45) is 10.7 Å². The van der Waals surface area contributed by atoms with E-state index in [4.69, 9.17) is 32.0 Å². The Morgan fingerprint density at radius 3 is 2.38 bits per heavy atom. The Labute approximate surface area is 235 Å². The minimum atomic E-state index is -0.405. The Hall–Kier alpha value is -3.65. The standard InChI is InChI=1S/C30H38ClN5O3/c1-7-36-17-27(35-30(36)20(5)33-21(6)37)23-10-8-22(9-11-23)14-25(16-29(32)38)34-19(4)24-12-13-28(26(31)15-24)39-18(2)3/h8-13,15,17-18,20,25H,7,14,16H2,1-6H3,(H2,32,38)(H,33,37)/t20-,25+/m1/s1. The van der Waals surface area contributed by atoms with Gasteiger partial charge in [-0.15, -0.1) is 0 Å². The van der Waals surface area contributed by atoms with Gasteiger partial charge in [0, 0.05) is 37.4 Å². The van der Waals surface area contributed by atoms with Gasteiger partial charge in [-0.05, 0) is 70.4 Å². The van der Waals surface area contributed by atoms with Crippen LogP contribution in [0.25, 0.3) is 11.3 Å². The van der Waals surface area contributed by atoms with Crippen molar-refractivity contribution in [1.82, 2.24) is 14.9 Å². The molecule has 0 aliphatic heterocycles. The van der Waals surface area contributed by atoms with Crippen LogP contribution in [0.3, 0.4) is 0 Å². The fourth-order valence-corrected chi connectivity index (χ4v) is 4.67. The van der Waals surface area contributed by atoms with Crippen LogP contribution in [0, 0.1) is 0 Å². The minimum absolute atomic E-state index is 0.0196. The van der Waals surface area contributed by atoms with Crippen molar-refractivity contribution in [2.45, 2.75) is 79.1 Å². The molecule has 9 heteroatoms. The van der Waals surface area contributed by atoms with Crippen LogP contribution in [0.5, 0.6) is 5.75 Å². The van der Waals surface area contributed by atoms with E-state index in [9.17, 15) is 9.59 Å². The van der Waals surface area contributed by atoms with Crippen LogP contribution in [0.4, 0.5) is 0 Å². The van der Waals surface area contributed by atoms with E-state index in [0.717, 1.165) is 40.5 Å². The second-order valence-corrected chi connectivity index (χ2v) is 10.4.